The Morgan fingerprint density at radius 1 is 1.25 bits per heavy atom. The molecule has 4 nitrogen and oxygen atoms in total. The van der Waals surface area contributed by atoms with Crippen molar-refractivity contribution < 1.29 is 9.53 Å². The van der Waals surface area contributed by atoms with Crippen LogP contribution in [-0.4, -0.2) is 13.0 Å². The van der Waals surface area contributed by atoms with E-state index in [1.165, 1.54) is 7.11 Å². The van der Waals surface area contributed by atoms with E-state index in [0.29, 0.717) is 11.4 Å². The Kier molecular flexibility index (Phi) is 4.76. The fourth-order valence-corrected chi connectivity index (χ4v) is 2.21. The number of nitrogen functional groups attached to an aromatic ring is 1. The summed E-state index contributed by atoms with van der Waals surface area (Å²) in [4.78, 5) is 12.3. The van der Waals surface area contributed by atoms with E-state index >= 15 is 0 Å². The lowest BCUT2D eigenvalue weighted by Gasteiger charge is -2.16. The van der Waals surface area contributed by atoms with Crippen molar-refractivity contribution in [3.8, 4) is 0 Å². The van der Waals surface area contributed by atoms with Gasteiger partial charge in [0.2, 0.25) is 0 Å². The Morgan fingerprint density at radius 2 is 1.95 bits per heavy atom. The first kappa shape index (κ1) is 14.6. The lowest BCUT2D eigenvalue weighted by Crippen LogP contribution is -2.22. The van der Waals surface area contributed by atoms with Crippen molar-refractivity contribution in [2.75, 3.05) is 18.2 Å². The second kappa shape index (κ2) is 6.54. The summed E-state index contributed by atoms with van der Waals surface area (Å²) in [6, 6.07) is 14.6. The lowest BCUT2D eigenvalue weighted by molar-refractivity contribution is -0.126. The monoisotopic (exact) mass is 334 g/mol. The van der Waals surface area contributed by atoms with E-state index < -0.39 is 6.10 Å². The second-order valence-corrected chi connectivity index (χ2v) is 5.11. The summed E-state index contributed by atoms with van der Waals surface area (Å²) >= 11 is 3.33. The number of nitrogens with one attached hydrogen (secondary N) is 1. The predicted molar refractivity (Wildman–Crippen MR) is 83.4 cm³/mol. The van der Waals surface area contributed by atoms with Crippen LogP contribution in [0.25, 0.3) is 0 Å². The molecule has 104 valence electrons. The highest BCUT2D eigenvalue weighted by Gasteiger charge is 2.19. The maximum Gasteiger partial charge on any atom is 0.258 e. The van der Waals surface area contributed by atoms with Gasteiger partial charge in [-0.05, 0) is 39.7 Å². The van der Waals surface area contributed by atoms with Crippen molar-refractivity contribution in [3.63, 3.8) is 0 Å². The topological polar surface area (TPSA) is 64.3 Å². The fourth-order valence-electron chi connectivity index (χ4n) is 1.84. The minimum absolute atomic E-state index is 0.227. The molecule has 1 amide bonds. The third-order valence-electron chi connectivity index (χ3n) is 2.84. The average Bonchev–Trinajstić information content (AvgIpc) is 2.45. The zero-order valence-electron chi connectivity index (χ0n) is 11.0. The molecule has 0 radical (unpaired) electrons. The summed E-state index contributed by atoms with van der Waals surface area (Å²) in [6.07, 6.45) is -0.646. The smallest absolute Gasteiger partial charge is 0.258 e. The number of halogens is 1. The van der Waals surface area contributed by atoms with Crippen molar-refractivity contribution in [3.05, 3.63) is 58.6 Å². The van der Waals surface area contributed by atoms with Gasteiger partial charge >= 0.3 is 0 Å². The molecule has 0 aliphatic rings. The van der Waals surface area contributed by atoms with Gasteiger partial charge in [0.15, 0.2) is 6.10 Å². The summed E-state index contributed by atoms with van der Waals surface area (Å²) in [5.74, 6) is -0.227. The number of anilines is 2. The van der Waals surface area contributed by atoms with Crippen molar-refractivity contribution in [2.45, 2.75) is 6.10 Å². The van der Waals surface area contributed by atoms with Crippen molar-refractivity contribution >= 4 is 33.2 Å². The highest BCUT2D eigenvalue weighted by Crippen LogP contribution is 2.25. The summed E-state index contributed by atoms with van der Waals surface area (Å²) in [5, 5.41) is 2.81. The minimum Gasteiger partial charge on any atom is -0.398 e. The SMILES string of the molecule is COC(C(=O)Nc1ccc(N)c(Br)c1)c1ccccc1. The van der Waals surface area contributed by atoms with Crippen LogP contribution in [0.3, 0.4) is 0 Å². The van der Waals surface area contributed by atoms with E-state index in [9.17, 15) is 4.79 Å². The Balaban J connectivity index is 2.15. The molecule has 0 saturated carbocycles. The number of benzene rings is 2. The van der Waals surface area contributed by atoms with Gasteiger partial charge in [0, 0.05) is 23.0 Å². The highest BCUT2D eigenvalue weighted by atomic mass is 79.9. The molecule has 0 saturated heterocycles. The summed E-state index contributed by atoms with van der Waals surface area (Å²) < 4.78 is 6.02. The van der Waals surface area contributed by atoms with E-state index in [1.807, 2.05) is 30.3 Å². The van der Waals surface area contributed by atoms with E-state index in [-0.39, 0.29) is 5.91 Å². The van der Waals surface area contributed by atoms with Crippen LogP contribution in [0.15, 0.2) is 53.0 Å². The Labute approximate surface area is 126 Å². The van der Waals surface area contributed by atoms with Gasteiger partial charge in [0.25, 0.3) is 5.91 Å². The number of ether oxygens (including phenoxy) is 1. The molecule has 3 N–H and O–H groups in total. The Bertz CT molecular complexity index is 602. The zero-order chi connectivity index (χ0) is 14.5. The molecule has 0 bridgehead atoms. The molecule has 0 heterocycles. The second-order valence-electron chi connectivity index (χ2n) is 4.25. The number of methoxy groups -OCH3 is 1. The summed E-state index contributed by atoms with van der Waals surface area (Å²) in [7, 11) is 1.51. The van der Waals surface area contributed by atoms with Crippen LogP contribution in [0.2, 0.25) is 0 Å². The van der Waals surface area contributed by atoms with Gasteiger partial charge in [-0.15, -0.1) is 0 Å². The number of rotatable bonds is 4. The third-order valence-corrected chi connectivity index (χ3v) is 3.53. The number of hydrogen-bond acceptors (Lipinski definition) is 3. The average molecular weight is 335 g/mol. The van der Waals surface area contributed by atoms with E-state index in [2.05, 4.69) is 21.2 Å². The van der Waals surface area contributed by atoms with Gasteiger partial charge in [-0.25, -0.2) is 0 Å². The van der Waals surface area contributed by atoms with E-state index in [4.69, 9.17) is 10.5 Å². The lowest BCUT2D eigenvalue weighted by atomic mass is 10.1. The minimum atomic E-state index is -0.646. The van der Waals surface area contributed by atoms with Crippen LogP contribution in [0, 0.1) is 0 Å². The predicted octanol–water partition coefficient (Wildman–Crippen LogP) is 3.36. The number of nitrogens with two attached hydrogens (primary N) is 1. The van der Waals surface area contributed by atoms with Crippen LogP contribution in [0.4, 0.5) is 11.4 Å². The van der Waals surface area contributed by atoms with Crippen LogP contribution in [0.5, 0.6) is 0 Å². The number of amides is 1. The van der Waals surface area contributed by atoms with E-state index in [0.717, 1.165) is 10.0 Å². The third kappa shape index (κ3) is 3.37. The largest absolute Gasteiger partial charge is 0.398 e. The molecule has 2 rings (SSSR count). The molecule has 0 fully saturated rings. The van der Waals surface area contributed by atoms with Crippen molar-refractivity contribution in [2.24, 2.45) is 0 Å². The molecule has 0 aromatic heterocycles. The molecular formula is C15H15BrN2O2. The molecule has 1 unspecified atom stereocenters. The molecule has 2 aromatic carbocycles. The van der Waals surface area contributed by atoms with Gasteiger partial charge in [-0.3, -0.25) is 4.79 Å². The van der Waals surface area contributed by atoms with Gasteiger partial charge < -0.3 is 15.8 Å². The van der Waals surface area contributed by atoms with Crippen molar-refractivity contribution in [1.82, 2.24) is 0 Å². The maximum atomic E-state index is 12.3. The highest BCUT2D eigenvalue weighted by molar-refractivity contribution is 9.10. The summed E-state index contributed by atoms with van der Waals surface area (Å²) in [5.41, 5.74) is 7.80. The van der Waals surface area contributed by atoms with Crippen LogP contribution < -0.4 is 11.1 Å². The normalized spacial score (nSPS) is 11.9. The van der Waals surface area contributed by atoms with Gasteiger partial charge in [-0.1, -0.05) is 30.3 Å². The first-order chi connectivity index (χ1) is 9.61. The van der Waals surface area contributed by atoms with Crippen molar-refractivity contribution in [1.29, 1.82) is 0 Å². The van der Waals surface area contributed by atoms with Crippen LogP contribution >= 0.6 is 15.9 Å². The standard InChI is InChI=1S/C15H15BrN2O2/c1-20-14(10-5-3-2-4-6-10)15(19)18-11-7-8-13(17)12(16)9-11/h2-9,14H,17H2,1H3,(H,18,19). The molecule has 5 heteroatoms. The molecule has 2 aromatic rings. The van der Waals surface area contributed by atoms with E-state index in [1.54, 1.807) is 18.2 Å². The number of carbonyl (C=O) groups is 1. The molecule has 1 atom stereocenters. The maximum absolute atomic E-state index is 12.3. The van der Waals surface area contributed by atoms with Crippen LogP contribution in [-0.2, 0) is 9.53 Å². The van der Waals surface area contributed by atoms with Crippen LogP contribution in [0.1, 0.15) is 11.7 Å². The summed E-state index contributed by atoms with van der Waals surface area (Å²) in [6.45, 7) is 0. The molecular weight excluding hydrogens is 320 g/mol. The molecule has 0 spiro atoms. The van der Waals surface area contributed by atoms with Gasteiger partial charge in [-0.2, -0.15) is 0 Å². The van der Waals surface area contributed by atoms with Gasteiger partial charge in [0.05, 0.1) is 0 Å². The Hall–Kier alpha value is -1.85. The quantitative estimate of drug-likeness (QED) is 0.842. The fraction of sp³-hybridized carbons (Fsp3) is 0.133. The zero-order valence-corrected chi connectivity index (χ0v) is 12.6. The molecule has 20 heavy (non-hydrogen) atoms. The van der Waals surface area contributed by atoms with Gasteiger partial charge in [0.1, 0.15) is 0 Å². The Morgan fingerprint density at radius 3 is 2.55 bits per heavy atom. The number of carbonyl (C=O) groups excluding carboxylic acids is 1. The first-order valence-electron chi connectivity index (χ1n) is 6.05. The molecule has 0 aliphatic heterocycles. The molecule has 0 aliphatic carbocycles. The first-order valence-corrected chi connectivity index (χ1v) is 6.84. The number of hydrogen-bond donors (Lipinski definition) is 2.